The molecule has 0 fully saturated rings. The molecular weight excluding hydrogens is 370 g/mol. The van der Waals surface area contributed by atoms with Crippen molar-refractivity contribution in [3.63, 3.8) is 0 Å². The van der Waals surface area contributed by atoms with Crippen LogP contribution in [0.2, 0.25) is 0 Å². The highest BCUT2D eigenvalue weighted by molar-refractivity contribution is 7.99. The second kappa shape index (κ2) is 8.80. The van der Waals surface area contributed by atoms with Crippen LogP contribution in [0.25, 0.3) is 11.0 Å². The van der Waals surface area contributed by atoms with Crippen molar-refractivity contribution < 1.29 is 9.53 Å². The average molecular weight is 396 g/mol. The summed E-state index contributed by atoms with van der Waals surface area (Å²) in [6, 6.07) is 16.6. The highest BCUT2D eigenvalue weighted by Crippen LogP contribution is 2.30. The second-order valence-electron chi connectivity index (χ2n) is 7.03. The number of aryl methyl sites for hydroxylation is 1. The number of aromatic nitrogens is 2. The van der Waals surface area contributed by atoms with Gasteiger partial charge in [-0.1, -0.05) is 48.2 Å². The van der Waals surface area contributed by atoms with E-state index in [-0.39, 0.29) is 11.9 Å². The maximum Gasteiger partial charge on any atom is 0.230 e. The number of para-hydroxylation sites is 2. The lowest BCUT2D eigenvalue weighted by Gasteiger charge is -2.26. The molecule has 1 atom stereocenters. The van der Waals surface area contributed by atoms with Crippen molar-refractivity contribution >= 4 is 28.7 Å². The van der Waals surface area contributed by atoms with Crippen LogP contribution < -0.4 is 5.32 Å². The summed E-state index contributed by atoms with van der Waals surface area (Å²) in [6.45, 7) is 1.33. The highest BCUT2D eigenvalue weighted by Gasteiger charge is 2.21. The lowest BCUT2D eigenvalue weighted by molar-refractivity contribution is -0.119. The first-order valence-electron chi connectivity index (χ1n) is 9.70. The quantitative estimate of drug-likeness (QED) is 0.615. The maximum atomic E-state index is 12.6. The summed E-state index contributed by atoms with van der Waals surface area (Å²) in [7, 11) is 1.70. The molecule has 1 amide bonds. The molecule has 28 heavy (non-hydrogen) atoms. The van der Waals surface area contributed by atoms with Crippen LogP contribution in [0.5, 0.6) is 0 Å². The number of carbonyl (C=O) groups excluding carboxylic acids is 1. The predicted molar refractivity (Wildman–Crippen MR) is 113 cm³/mol. The van der Waals surface area contributed by atoms with Gasteiger partial charge in [-0.25, -0.2) is 4.98 Å². The summed E-state index contributed by atoms with van der Waals surface area (Å²) >= 11 is 1.49. The van der Waals surface area contributed by atoms with Gasteiger partial charge in [0.25, 0.3) is 0 Å². The van der Waals surface area contributed by atoms with E-state index in [0.29, 0.717) is 12.4 Å². The van der Waals surface area contributed by atoms with Crippen LogP contribution in [0, 0.1) is 0 Å². The van der Waals surface area contributed by atoms with Crippen molar-refractivity contribution in [3.8, 4) is 0 Å². The number of carbonyl (C=O) groups is 1. The van der Waals surface area contributed by atoms with Gasteiger partial charge in [-0.2, -0.15) is 0 Å². The van der Waals surface area contributed by atoms with E-state index in [2.05, 4.69) is 40.2 Å². The first kappa shape index (κ1) is 19.0. The number of fused-ring (bicyclic) bond motifs is 2. The van der Waals surface area contributed by atoms with Gasteiger partial charge in [0.1, 0.15) is 0 Å². The molecule has 1 heterocycles. The smallest absolute Gasteiger partial charge is 0.230 e. The number of benzene rings is 2. The maximum absolute atomic E-state index is 12.6. The normalized spacial score (nSPS) is 16.1. The third kappa shape index (κ3) is 4.08. The number of methoxy groups -OCH3 is 1. The van der Waals surface area contributed by atoms with Gasteiger partial charge in [-0.3, -0.25) is 4.79 Å². The summed E-state index contributed by atoms with van der Waals surface area (Å²) in [6.07, 6.45) is 3.21. The lowest BCUT2D eigenvalue weighted by atomic mass is 9.88. The zero-order valence-electron chi connectivity index (χ0n) is 16.1. The molecule has 1 unspecified atom stereocenters. The van der Waals surface area contributed by atoms with Crippen molar-refractivity contribution in [2.45, 2.75) is 37.0 Å². The Balaban J connectivity index is 1.44. The fourth-order valence-electron chi connectivity index (χ4n) is 3.83. The van der Waals surface area contributed by atoms with Crippen LogP contribution in [-0.4, -0.2) is 34.9 Å². The Morgan fingerprint density at radius 3 is 2.96 bits per heavy atom. The standard InChI is InChI=1S/C22H25N3O2S/c1-27-14-13-25-20-12-5-4-10-19(20)24-22(25)28-15-21(26)23-18-11-6-8-16-7-2-3-9-17(16)18/h2-5,7,9-10,12,18H,6,8,11,13-15H2,1H3,(H,23,26). The van der Waals surface area contributed by atoms with Gasteiger partial charge in [0.15, 0.2) is 5.16 Å². The van der Waals surface area contributed by atoms with E-state index in [1.54, 1.807) is 7.11 Å². The van der Waals surface area contributed by atoms with Crippen LogP contribution in [0.3, 0.4) is 0 Å². The van der Waals surface area contributed by atoms with Crippen LogP contribution in [0.1, 0.15) is 30.0 Å². The number of hydrogen-bond donors (Lipinski definition) is 1. The van der Waals surface area contributed by atoms with E-state index in [1.165, 1.54) is 22.9 Å². The number of rotatable bonds is 7. The molecule has 5 nitrogen and oxygen atoms in total. The summed E-state index contributed by atoms with van der Waals surface area (Å²) < 4.78 is 7.37. The first-order valence-corrected chi connectivity index (χ1v) is 10.7. The van der Waals surface area contributed by atoms with Gasteiger partial charge >= 0.3 is 0 Å². The van der Waals surface area contributed by atoms with Crippen molar-refractivity contribution in [3.05, 3.63) is 59.7 Å². The van der Waals surface area contributed by atoms with Crippen LogP contribution in [-0.2, 0) is 22.5 Å². The Hall–Kier alpha value is -2.31. The third-order valence-corrected chi connectivity index (χ3v) is 6.15. The van der Waals surface area contributed by atoms with Crippen molar-refractivity contribution in [2.24, 2.45) is 0 Å². The molecule has 1 N–H and O–H groups in total. The molecule has 0 radical (unpaired) electrons. The van der Waals surface area contributed by atoms with E-state index in [0.717, 1.165) is 42.0 Å². The van der Waals surface area contributed by atoms with Gasteiger partial charge < -0.3 is 14.6 Å². The molecule has 0 saturated carbocycles. The molecule has 4 rings (SSSR count). The Morgan fingerprint density at radius 1 is 1.25 bits per heavy atom. The molecule has 3 aromatic rings. The number of ether oxygens (including phenoxy) is 1. The lowest BCUT2D eigenvalue weighted by Crippen LogP contribution is -2.32. The minimum atomic E-state index is 0.0528. The fourth-order valence-corrected chi connectivity index (χ4v) is 4.68. The van der Waals surface area contributed by atoms with Crippen molar-refractivity contribution in [1.82, 2.24) is 14.9 Å². The highest BCUT2D eigenvalue weighted by atomic mass is 32.2. The predicted octanol–water partition coefficient (Wildman–Crippen LogP) is 3.97. The van der Waals surface area contributed by atoms with E-state index < -0.39 is 0 Å². The molecule has 0 saturated heterocycles. The Bertz CT molecular complexity index is 969. The topological polar surface area (TPSA) is 56.1 Å². The van der Waals surface area contributed by atoms with Gasteiger partial charge in [0.05, 0.1) is 29.4 Å². The van der Waals surface area contributed by atoms with Gasteiger partial charge in [-0.15, -0.1) is 0 Å². The molecule has 1 aromatic heterocycles. The number of amides is 1. The number of imidazole rings is 1. The minimum absolute atomic E-state index is 0.0528. The van der Waals surface area contributed by atoms with Gasteiger partial charge in [0, 0.05) is 13.7 Å². The molecule has 6 heteroatoms. The SMILES string of the molecule is COCCn1c(SCC(=O)NC2CCCc3ccccc32)nc2ccccc21. The van der Waals surface area contributed by atoms with Crippen LogP contribution in [0.15, 0.2) is 53.7 Å². The fraction of sp³-hybridized carbons (Fsp3) is 0.364. The summed E-state index contributed by atoms with van der Waals surface area (Å²) in [5, 5.41) is 4.08. The Morgan fingerprint density at radius 2 is 2.07 bits per heavy atom. The zero-order chi connectivity index (χ0) is 19.3. The van der Waals surface area contributed by atoms with Crippen LogP contribution >= 0.6 is 11.8 Å². The molecule has 0 aliphatic heterocycles. The number of nitrogens with zero attached hydrogens (tertiary/aromatic N) is 2. The van der Waals surface area contributed by atoms with E-state index in [4.69, 9.17) is 9.72 Å². The molecule has 0 bridgehead atoms. The largest absolute Gasteiger partial charge is 0.383 e. The molecular formula is C22H25N3O2S. The Labute approximate surface area is 169 Å². The molecule has 1 aliphatic rings. The van der Waals surface area contributed by atoms with E-state index in [9.17, 15) is 4.79 Å². The summed E-state index contributed by atoms with van der Waals surface area (Å²) in [5.74, 6) is 0.409. The molecule has 0 spiro atoms. The second-order valence-corrected chi connectivity index (χ2v) is 7.97. The minimum Gasteiger partial charge on any atom is -0.383 e. The van der Waals surface area contributed by atoms with Crippen molar-refractivity contribution in [1.29, 1.82) is 0 Å². The Kier molecular flexibility index (Phi) is 5.98. The zero-order valence-corrected chi connectivity index (χ0v) is 16.9. The summed E-state index contributed by atoms with van der Waals surface area (Å²) in [4.78, 5) is 17.4. The number of nitrogens with one attached hydrogen (secondary N) is 1. The van der Waals surface area contributed by atoms with Gasteiger partial charge in [-0.05, 0) is 42.5 Å². The average Bonchev–Trinajstić information content (AvgIpc) is 3.08. The third-order valence-electron chi connectivity index (χ3n) is 5.18. The monoisotopic (exact) mass is 395 g/mol. The molecule has 146 valence electrons. The number of thioether (sulfide) groups is 1. The van der Waals surface area contributed by atoms with Crippen LogP contribution in [0.4, 0.5) is 0 Å². The molecule has 1 aliphatic carbocycles. The van der Waals surface area contributed by atoms with E-state index in [1.807, 2.05) is 18.2 Å². The van der Waals surface area contributed by atoms with Gasteiger partial charge in [0.2, 0.25) is 5.91 Å². The van der Waals surface area contributed by atoms with E-state index >= 15 is 0 Å². The molecule has 2 aromatic carbocycles. The number of hydrogen-bond acceptors (Lipinski definition) is 4. The summed E-state index contributed by atoms with van der Waals surface area (Å²) in [5.41, 5.74) is 4.64. The van der Waals surface area contributed by atoms with Crippen molar-refractivity contribution in [2.75, 3.05) is 19.5 Å². The first-order chi connectivity index (χ1) is 13.8.